The first-order valence-electron chi connectivity index (χ1n) is 6.57. The first-order chi connectivity index (χ1) is 10.0. The molecule has 1 aliphatic rings. The molecule has 21 heavy (non-hydrogen) atoms. The molecule has 3 rings (SSSR count). The van der Waals surface area contributed by atoms with Gasteiger partial charge < -0.3 is 10.4 Å². The monoisotopic (exact) mass is 409 g/mol. The third-order valence-corrected chi connectivity index (χ3v) is 4.53. The van der Waals surface area contributed by atoms with Gasteiger partial charge >= 0.3 is 0 Å². The van der Waals surface area contributed by atoms with E-state index in [1.54, 1.807) is 12.1 Å². The van der Waals surface area contributed by atoms with Crippen LogP contribution < -0.4 is 5.32 Å². The Morgan fingerprint density at radius 3 is 2.52 bits per heavy atom. The average molecular weight is 411 g/mol. The summed E-state index contributed by atoms with van der Waals surface area (Å²) in [6.07, 6.45) is -0.00882. The quantitative estimate of drug-likeness (QED) is 0.794. The number of aliphatic hydroxyl groups excluding tert-OH is 1. The van der Waals surface area contributed by atoms with Crippen LogP contribution in [0.1, 0.15) is 27.5 Å². The van der Waals surface area contributed by atoms with Crippen molar-refractivity contribution in [3.05, 3.63) is 68.1 Å². The lowest BCUT2D eigenvalue weighted by atomic mass is 10.1. The molecule has 3 nitrogen and oxygen atoms in total. The van der Waals surface area contributed by atoms with Crippen molar-refractivity contribution < 1.29 is 9.90 Å². The fourth-order valence-electron chi connectivity index (χ4n) is 2.66. The maximum Gasteiger partial charge on any atom is 0.251 e. The summed E-state index contributed by atoms with van der Waals surface area (Å²) in [5, 5.41) is 13.1. The van der Waals surface area contributed by atoms with E-state index in [0.29, 0.717) is 12.0 Å². The van der Waals surface area contributed by atoms with Crippen LogP contribution in [0.25, 0.3) is 0 Å². The summed E-state index contributed by atoms with van der Waals surface area (Å²) in [5.41, 5.74) is 2.63. The standard InChI is InChI=1S/C16H13Br2NO2/c17-11-5-10(6-12(18)8-11)16(21)19-15-13-4-2-1-3-9(13)7-14(15)20/h1-6,8,14-15,20H,7H2,(H,19,21)/t14-,15+/m1/s1. The van der Waals surface area contributed by atoms with Gasteiger partial charge in [-0.05, 0) is 29.3 Å². The van der Waals surface area contributed by atoms with Gasteiger partial charge in [0.2, 0.25) is 0 Å². The molecule has 0 bridgehead atoms. The molecule has 2 N–H and O–H groups in total. The number of aliphatic hydroxyl groups is 1. The zero-order valence-electron chi connectivity index (χ0n) is 11.0. The number of benzene rings is 2. The molecule has 0 unspecified atom stereocenters. The molecule has 0 heterocycles. The number of fused-ring (bicyclic) bond motifs is 1. The van der Waals surface area contributed by atoms with Crippen LogP contribution in [0.3, 0.4) is 0 Å². The molecule has 2 aromatic carbocycles. The van der Waals surface area contributed by atoms with Gasteiger partial charge in [0.1, 0.15) is 0 Å². The molecule has 0 spiro atoms. The van der Waals surface area contributed by atoms with Gasteiger partial charge in [-0.25, -0.2) is 0 Å². The zero-order valence-corrected chi connectivity index (χ0v) is 14.2. The highest BCUT2D eigenvalue weighted by Crippen LogP contribution is 2.31. The summed E-state index contributed by atoms with van der Waals surface area (Å²) in [4.78, 5) is 12.4. The Balaban J connectivity index is 1.85. The second-order valence-electron chi connectivity index (χ2n) is 5.08. The highest BCUT2D eigenvalue weighted by atomic mass is 79.9. The van der Waals surface area contributed by atoms with E-state index in [-0.39, 0.29) is 11.9 Å². The zero-order chi connectivity index (χ0) is 15.0. The summed E-state index contributed by atoms with van der Waals surface area (Å²) >= 11 is 6.74. The Morgan fingerprint density at radius 2 is 1.81 bits per heavy atom. The maximum absolute atomic E-state index is 12.4. The van der Waals surface area contributed by atoms with Crippen molar-refractivity contribution in [1.82, 2.24) is 5.32 Å². The number of carbonyl (C=O) groups is 1. The van der Waals surface area contributed by atoms with Gasteiger partial charge in [0.05, 0.1) is 12.1 Å². The topological polar surface area (TPSA) is 49.3 Å². The predicted octanol–water partition coefficient (Wildman–Crippen LogP) is 3.60. The van der Waals surface area contributed by atoms with Gasteiger partial charge in [0.15, 0.2) is 0 Å². The molecule has 0 radical (unpaired) electrons. The summed E-state index contributed by atoms with van der Waals surface area (Å²) in [5.74, 6) is -0.197. The smallest absolute Gasteiger partial charge is 0.251 e. The fourth-order valence-corrected chi connectivity index (χ4v) is 3.95. The number of rotatable bonds is 2. The van der Waals surface area contributed by atoms with Crippen LogP contribution >= 0.6 is 31.9 Å². The Labute approximate surface area is 139 Å². The number of nitrogens with one attached hydrogen (secondary N) is 1. The van der Waals surface area contributed by atoms with Crippen molar-refractivity contribution in [3.8, 4) is 0 Å². The summed E-state index contributed by atoms with van der Waals surface area (Å²) < 4.78 is 1.66. The van der Waals surface area contributed by atoms with Gasteiger partial charge in [-0.1, -0.05) is 56.1 Å². The van der Waals surface area contributed by atoms with Crippen molar-refractivity contribution in [2.24, 2.45) is 0 Å². The van der Waals surface area contributed by atoms with Crippen molar-refractivity contribution in [1.29, 1.82) is 0 Å². The second-order valence-corrected chi connectivity index (χ2v) is 6.91. The highest BCUT2D eigenvalue weighted by molar-refractivity contribution is 9.11. The van der Waals surface area contributed by atoms with Crippen molar-refractivity contribution in [2.45, 2.75) is 18.6 Å². The normalized spacial score (nSPS) is 20.1. The van der Waals surface area contributed by atoms with E-state index in [1.165, 1.54) is 0 Å². The first-order valence-corrected chi connectivity index (χ1v) is 8.16. The van der Waals surface area contributed by atoms with Crippen molar-refractivity contribution >= 4 is 37.8 Å². The lowest BCUT2D eigenvalue weighted by molar-refractivity contribution is 0.0858. The third-order valence-electron chi connectivity index (χ3n) is 3.62. The van der Waals surface area contributed by atoms with Crippen LogP contribution in [0.4, 0.5) is 0 Å². The van der Waals surface area contributed by atoms with Gasteiger partial charge in [0, 0.05) is 20.9 Å². The molecule has 0 fully saturated rings. The molecule has 2 aromatic rings. The van der Waals surface area contributed by atoms with E-state index in [1.807, 2.05) is 30.3 Å². The number of carbonyl (C=O) groups excluding carboxylic acids is 1. The number of amides is 1. The molecular formula is C16H13Br2NO2. The fraction of sp³-hybridized carbons (Fsp3) is 0.188. The molecule has 5 heteroatoms. The Hall–Kier alpha value is -1.17. The molecule has 1 amide bonds. The number of hydrogen-bond donors (Lipinski definition) is 2. The minimum atomic E-state index is -0.582. The van der Waals surface area contributed by atoms with Crippen LogP contribution in [0.2, 0.25) is 0 Å². The predicted molar refractivity (Wildman–Crippen MR) is 88.2 cm³/mol. The Morgan fingerprint density at radius 1 is 1.14 bits per heavy atom. The minimum Gasteiger partial charge on any atom is -0.390 e. The van der Waals surface area contributed by atoms with E-state index in [2.05, 4.69) is 37.2 Å². The molecule has 0 aliphatic heterocycles. The summed E-state index contributed by atoms with van der Waals surface area (Å²) in [7, 11) is 0. The Bertz CT molecular complexity index is 682. The van der Waals surface area contributed by atoms with Crippen LogP contribution in [0.15, 0.2) is 51.4 Å². The maximum atomic E-state index is 12.4. The summed E-state index contributed by atoms with van der Waals surface area (Å²) in [6.45, 7) is 0. The van der Waals surface area contributed by atoms with Crippen LogP contribution in [0.5, 0.6) is 0 Å². The first kappa shape index (κ1) is 14.8. The van der Waals surface area contributed by atoms with E-state index in [4.69, 9.17) is 0 Å². The third kappa shape index (κ3) is 3.05. The molecule has 0 saturated carbocycles. The SMILES string of the molecule is O=C(N[C@H]1c2ccccc2C[C@H]1O)c1cc(Br)cc(Br)c1. The van der Waals surface area contributed by atoms with Gasteiger partial charge in [-0.15, -0.1) is 0 Å². The van der Waals surface area contributed by atoms with E-state index in [0.717, 1.165) is 20.1 Å². The molecule has 0 aromatic heterocycles. The van der Waals surface area contributed by atoms with E-state index < -0.39 is 6.10 Å². The molecule has 2 atom stereocenters. The molecule has 0 saturated heterocycles. The van der Waals surface area contributed by atoms with Gasteiger partial charge in [-0.2, -0.15) is 0 Å². The lowest BCUT2D eigenvalue weighted by Crippen LogP contribution is -2.33. The molecular weight excluding hydrogens is 398 g/mol. The lowest BCUT2D eigenvalue weighted by Gasteiger charge is -2.18. The van der Waals surface area contributed by atoms with Crippen LogP contribution in [-0.4, -0.2) is 17.1 Å². The van der Waals surface area contributed by atoms with Crippen LogP contribution in [-0.2, 0) is 6.42 Å². The van der Waals surface area contributed by atoms with Crippen molar-refractivity contribution in [3.63, 3.8) is 0 Å². The average Bonchev–Trinajstić information content (AvgIpc) is 2.74. The van der Waals surface area contributed by atoms with E-state index in [9.17, 15) is 9.90 Å². The van der Waals surface area contributed by atoms with Crippen LogP contribution in [0, 0.1) is 0 Å². The Kier molecular flexibility index (Phi) is 4.15. The second kappa shape index (κ2) is 5.91. The summed E-state index contributed by atoms with van der Waals surface area (Å²) in [6, 6.07) is 12.8. The van der Waals surface area contributed by atoms with Gasteiger partial charge in [0.25, 0.3) is 5.91 Å². The highest BCUT2D eigenvalue weighted by Gasteiger charge is 2.32. The number of hydrogen-bond acceptors (Lipinski definition) is 2. The molecule has 108 valence electrons. The number of halogens is 2. The van der Waals surface area contributed by atoms with Crippen molar-refractivity contribution in [2.75, 3.05) is 0 Å². The minimum absolute atomic E-state index is 0.197. The van der Waals surface area contributed by atoms with Gasteiger partial charge in [-0.3, -0.25) is 4.79 Å². The largest absolute Gasteiger partial charge is 0.390 e. The molecule has 1 aliphatic carbocycles. The van der Waals surface area contributed by atoms with E-state index >= 15 is 0 Å².